The van der Waals surface area contributed by atoms with Gasteiger partial charge in [-0.2, -0.15) is 4.31 Å². The van der Waals surface area contributed by atoms with E-state index in [4.69, 9.17) is 4.74 Å². The number of carboxylic acid groups (broad SMARTS) is 1. The summed E-state index contributed by atoms with van der Waals surface area (Å²) in [6, 6.07) is 7.79. The summed E-state index contributed by atoms with van der Waals surface area (Å²) in [5, 5.41) is 9.46. The summed E-state index contributed by atoms with van der Waals surface area (Å²) in [4.78, 5) is 11.5. The van der Waals surface area contributed by atoms with E-state index in [0.717, 1.165) is 41.8 Å². The zero-order valence-corrected chi connectivity index (χ0v) is 20.6. The Morgan fingerprint density at radius 2 is 1.88 bits per heavy atom. The van der Waals surface area contributed by atoms with Crippen molar-refractivity contribution in [3.05, 3.63) is 57.9 Å². The van der Waals surface area contributed by atoms with Gasteiger partial charge in [0.15, 0.2) is 0 Å². The topological polar surface area (TPSA) is 88.8 Å². The van der Waals surface area contributed by atoms with Gasteiger partial charge in [0.2, 0.25) is 10.0 Å². The standard InChI is InChI=1S/C25H34N2O5S/c1-18-21(22-15-25(2,3)8-7-23(22)27(18)16-24(28)29)14-19-5-4-6-20(13-19)17-33(30,31)26-9-11-32-12-10-26/h4-6,13H,7-12,14-17H2,1-3H3,(H,28,29). The van der Waals surface area contributed by atoms with E-state index >= 15 is 0 Å². The Bertz CT molecular complexity index is 1140. The smallest absolute Gasteiger partial charge is 0.323 e. The van der Waals surface area contributed by atoms with E-state index in [1.54, 1.807) is 0 Å². The molecule has 1 N–H and O–H groups in total. The molecule has 0 unspecified atom stereocenters. The van der Waals surface area contributed by atoms with Crippen molar-refractivity contribution in [3.8, 4) is 0 Å². The van der Waals surface area contributed by atoms with Crippen molar-refractivity contribution in [3.63, 3.8) is 0 Å². The molecule has 1 aliphatic carbocycles. The van der Waals surface area contributed by atoms with Crippen LogP contribution in [0.1, 0.15) is 53.9 Å². The number of aromatic nitrogens is 1. The molecule has 4 rings (SSSR count). The van der Waals surface area contributed by atoms with Crippen LogP contribution in [0.4, 0.5) is 0 Å². The van der Waals surface area contributed by atoms with Crippen molar-refractivity contribution < 1.29 is 23.1 Å². The molecule has 0 bridgehead atoms. The summed E-state index contributed by atoms with van der Waals surface area (Å²) in [6.45, 7) is 8.20. The summed E-state index contributed by atoms with van der Waals surface area (Å²) in [5.41, 5.74) is 6.62. The molecule has 2 aliphatic rings. The van der Waals surface area contributed by atoms with Gasteiger partial charge in [0.05, 0.1) is 19.0 Å². The van der Waals surface area contributed by atoms with Crippen molar-refractivity contribution in [2.24, 2.45) is 5.41 Å². The zero-order chi connectivity index (χ0) is 23.8. The van der Waals surface area contributed by atoms with Crippen LogP contribution < -0.4 is 0 Å². The summed E-state index contributed by atoms with van der Waals surface area (Å²) in [7, 11) is -3.39. The normalized spacial score (nSPS) is 18.8. The number of aliphatic carboxylic acids is 1. The maximum atomic E-state index is 12.9. The Labute approximate surface area is 196 Å². The Morgan fingerprint density at radius 1 is 1.18 bits per heavy atom. The fourth-order valence-electron chi connectivity index (χ4n) is 5.18. The third-order valence-corrected chi connectivity index (χ3v) is 8.80. The molecule has 2 heterocycles. The third kappa shape index (κ3) is 5.34. The van der Waals surface area contributed by atoms with Crippen LogP contribution in [0, 0.1) is 12.3 Å². The maximum Gasteiger partial charge on any atom is 0.323 e. The highest BCUT2D eigenvalue weighted by Crippen LogP contribution is 2.39. The fourth-order valence-corrected chi connectivity index (χ4v) is 6.67. The minimum absolute atomic E-state index is 0.0214. The van der Waals surface area contributed by atoms with Crippen LogP contribution in [-0.2, 0) is 51.1 Å². The molecule has 1 fully saturated rings. The molecule has 180 valence electrons. The van der Waals surface area contributed by atoms with Gasteiger partial charge in [-0.05, 0) is 60.3 Å². The summed E-state index contributed by atoms with van der Waals surface area (Å²) >= 11 is 0. The molecule has 1 aromatic carbocycles. The lowest BCUT2D eigenvalue weighted by atomic mass is 9.75. The molecule has 0 atom stereocenters. The van der Waals surface area contributed by atoms with Crippen LogP contribution in [0.2, 0.25) is 0 Å². The lowest BCUT2D eigenvalue weighted by Crippen LogP contribution is -2.41. The zero-order valence-electron chi connectivity index (χ0n) is 19.8. The molecule has 8 heteroatoms. The number of carboxylic acids is 1. The first-order valence-electron chi connectivity index (χ1n) is 11.6. The Hall–Kier alpha value is -2.16. The van der Waals surface area contributed by atoms with E-state index in [-0.39, 0.29) is 17.7 Å². The highest BCUT2D eigenvalue weighted by molar-refractivity contribution is 7.88. The monoisotopic (exact) mass is 474 g/mol. The fraction of sp³-hybridized carbons (Fsp3) is 0.560. The van der Waals surface area contributed by atoms with Crippen LogP contribution >= 0.6 is 0 Å². The third-order valence-electron chi connectivity index (χ3n) is 6.95. The Kier molecular flexibility index (Phi) is 6.71. The largest absolute Gasteiger partial charge is 0.480 e. The highest BCUT2D eigenvalue weighted by Gasteiger charge is 2.32. The molecule has 33 heavy (non-hydrogen) atoms. The van der Waals surface area contributed by atoms with Crippen molar-refractivity contribution in [1.82, 2.24) is 8.87 Å². The van der Waals surface area contributed by atoms with Gasteiger partial charge in [0.25, 0.3) is 0 Å². The molecule has 1 saturated heterocycles. The molecule has 0 saturated carbocycles. The van der Waals surface area contributed by atoms with Crippen molar-refractivity contribution in [2.75, 3.05) is 26.3 Å². The number of sulfonamides is 1. The van der Waals surface area contributed by atoms with Crippen LogP contribution in [0.5, 0.6) is 0 Å². The first-order chi connectivity index (χ1) is 15.6. The van der Waals surface area contributed by atoms with Crippen molar-refractivity contribution >= 4 is 16.0 Å². The molecule has 1 aliphatic heterocycles. The molecular weight excluding hydrogens is 440 g/mol. The summed E-state index contributed by atoms with van der Waals surface area (Å²) < 4.78 is 34.5. The van der Waals surface area contributed by atoms with E-state index in [1.807, 2.05) is 35.8 Å². The second-order valence-electron chi connectivity index (χ2n) is 10.1. The summed E-state index contributed by atoms with van der Waals surface area (Å²) in [5.74, 6) is -0.854. The van der Waals surface area contributed by atoms with Gasteiger partial charge in [0.1, 0.15) is 6.54 Å². The number of nitrogens with zero attached hydrogens (tertiary/aromatic N) is 2. The van der Waals surface area contributed by atoms with Crippen molar-refractivity contribution in [2.45, 2.75) is 58.8 Å². The highest BCUT2D eigenvalue weighted by atomic mass is 32.2. The molecule has 0 radical (unpaired) electrons. The van der Waals surface area contributed by atoms with Gasteiger partial charge in [-0.15, -0.1) is 0 Å². The van der Waals surface area contributed by atoms with Crippen LogP contribution in [-0.4, -0.2) is 54.7 Å². The number of hydrogen-bond acceptors (Lipinski definition) is 4. The Morgan fingerprint density at radius 3 is 2.58 bits per heavy atom. The van der Waals surface area contributed by atoms with E-state index in [1.165, 1.54) is 15.4 Å². The maximum absolute atomic E-state index is 12.9. The first kappa shape index (κ1) is 24.0. The second kappa shape index (κ2) is 9.24. The number of ether oxygens (including phenoxy) is 1. The minimum atomic E-state index is -3.39. The van der Waals surface area contributed by atoms with Gasteiger partial charge in [-0.25, -0.2) is 8.42 Å². The van der Waals surface area contributed by atoms with E-state index in [2.05, 4.69) is 13.8 Å². The predicted octanol–water partition coefficient (Wildman–Crippen LogP) is 3.15. The van der Waals surface area contributed by atoms with E-state index in [9.17, 15) is 18.3 Å². The molecule has 7 nitrogen and oxygen atoms in total. The predicted molar refractivity (Wildman–Crippen MR) is 127 cm³/mol. The van der Waals surface area contributed by atoms with Crippen molar-refractivity contribution in [1.29, 1.82) is 0 Å². The number of fused-ring (bicyclic) bond motifs is 1. The Balaban J connectivity index is 1.62. The number of hydrogen-bond donors (Lipinski definition) is 1. The average molecular weight is 475 g/mol. The van der Waals surface area contributed by atoms with E-state index < -0.39 is 16.0 Å². The SMILES string of the molecule is Cc1c(Cc2cccc(CS(=O)(=O)N3CCOCC3)c2)c2c(n1CC(=O)O)CCC(C)(C)C2. The van der Waals surface area contributed by atoms with Crippen LogP contribution in [0.25, 0.3) is 0 Å². The molecule has 0 spiro atoms. The lowest BCUT2D eigenvalue weighted by molar-refractivity contribution is -0.137. The van der Waals surface area contributed by atoms with Crippen LogP contribution in [0.15, 0.2) is 24.3 Å². The second-order valence-corrected chi connectivity index (χ2v) is 12.0. The summed E-state index contributed by atoms with van der Waals surface area (Å²) in [6.07, 6.45) is 3.52. The van der Waals surface area contributed by atoms with E-state index in [0.29, 0.717) is 32.7 Å². The van der Waals surface area contributed by atoms with Gasteiger partial charge in [0, 0.05) is 24.5 Å². The molecular formula is C25H34N2O5S. The van der Waals surface area contributed by atoms with Gasteiger partial charge in [-0.1, -0.05) is 38.1 Å². The molecule has 2 aromatic rings. The average Bonchev–Trinajstić information content (AvgIpc) is 2.98. The quantitative estimate of drug-likeness (QED) is 0.666. The number of benzene rings is 1. The first-order valence-corrected chi connectivity index (χ1v) is 13.2. The number of rotatable bonds is 7. The molecule has 1 aromatic heterocycles. The van der Waals surface area contributed by atoms with Gasteiger partial charge < -0.3 is 14.4 Å². The van der Waals surface area contributed by atoms with Gasteiger partial charge >= 0.3 is 5.97 Å². The molecule has 0 amide bonds. The number of morpholine rings is 1. The van der Waals surface area contributed by atoms with Crippen LogP contribution in [0.3, 0.4) is 0 Å². The number of carbonyl (C=O) groups is 1. The van der Waals surface area contributed by atoms with Gasteiger partial charge in [-0.3, -0.25) is 4.79 Å². The lowest BCUT2D eigenvalue weighted by Gasteiger charge is -2.31. The minimum Gasteiger partial charge on any atom is -0.480 e.